The van der Waals surface area contributed by atoms with Crippen molar-refractivity contribution in [2.75, 3.05) is 0 Å². The van der Waals surface area contributed by atoms with Crippen molar-refractivity contribution in [3.8, 4) is 50.6 Å². The second-order valence-electron chi connectivity index (χ2n) is 12.3. The second kappa shape index (κ2) is 11.3. The number of furan rings is 1. The van der Waals surface area contributed by atoms with Gasteiger partial charge in [0.15, 0.2) is 0 Å². The first-order valence-corrected chi connectivity index (χ1v) is 17.1. The lowest BCUT2D eigenvalue weighted by Crippen LogP contribution is -2.46. The van der Waals surface area contributed by atoms with Crippen LogP contribution in [0.2, 0.25) is 0 Å². The minimum absolute atomic E-state index is 0.0487. The second-order valence-corrected chi connectivity index (χ2v) is 13.4. The van der Waals surface area contributed by atoms with Crippen molar-refractivity contribution in [2.24, 2.45) is 0 Å². The lowest BCUT2D eigenvalue weighted by molar-refractivity contribution is 0.488. The molecule has 2 aliphatic rings. The quantitative estimate of drug-likeness (QED) is 0.169. The van der Waals surface area contributed by atoms with Gasteiger partial charge in [-0.2, -0.15) is 11.6 Å². The highest BCUT2D eigenvalue weighted by molar-refractivity contribution is 8.28. The van der Waals surface area contributed by atoms with E-state index in [1.165, 1.54) is 6.92 Å². The third-order valence-corrected chi connectivity index (χ3v) is 10.6. The zero-order valence-electron chi connectivity index (χ0n) is 54.2. The number of fused-ring (bicyclic) bond motifs is 10. The summed E-state index contributed by atoms with van der Waals surface area (Å²) < 4.78 is 259. The number of aryl methyl sites for hydroxylation is 1. The number of aromatic nitrogens is 1. The van der Waals surface area contributed by atoms with E-state index >= 15 is 0 Å². The van der Waals surface area contributed by atoms with Gasteiger partial charge in [-0.25, -0.2) is 0 Å². The van der Waals surface area contributed by atoms with Gasteiger partial charge in [0.1, 0.15) is 22.7 Å². The average molecular weight is 735 g/mol. The summed E-state index contributed by atoms with van der Waals surface area (Å²) in [4.78, 5) is -0.264. The Balaban J connectivity index is 1.22. The number of nitrogens with zero attached hydrogens (tertiary/aromatic N) is 1. The van der Waals surface area contributed by atoms with Crippen molar-refractivity contribution in [3.63, 3.8) is 0 Å². The Morgan fingerprint density at radius 1 is 0.556 bits per heavy atom. The van der Waals surface area contributed by atoms with E-state index in [0.29, 0.717) is 11.6 Å². The van der Waals surface area contributed by atoms with Gasteiger partial charge in [0, 0.05) is 32.1 Å². The smallest absolute Gasteiger partial charge is 0.289 e. The minimum atomic E-state index is -1.53. The number of para-hydroxylation sites is 3. The van der Waals surface area contributed by atoms with Crippen LogP contribution >= 0.6 is 11.6 Å². The summed E-state index contributed by atoms with van der Waals surface area (Å²) in [6, 6.07) is -20.9. The molecule has 0 spiro atoms. The molecular formula is C49H30BNO2S. The molecule has 0 aliphatic carbocycles. The number of benzene rings is 8. The van der Waals surface area contributed by atoms with Gasteiger partial charge in [-0.15, -0.1) is 0 Å². The molecule has 54 heavy (non-hydrogen) atoms. The predicted octanol–water partition coefficient (Wildman–Crippen LogP) is 12.3. The Hall–Kier alpha value is -6.43. The van der Waals surface area contributed by atoms with Crippen molar-refractivity contribution in [3.05, 3.63) is 169 Å². The molecule has 0 unspecified atom stereocenters. The molecule has 2 aromatic heterocycles. The van der Waals surface area contributed by atoms with Crippen LogP contribution in [0.1, 0.15) is 42.6 Å². The highest BCUT2D eigenvalue weighted by Gasteiger charge is 2.39. The summed E-state index contributed by atoms with van der Waals surface area (Å²) in [7, 11) is 0. The van der Waals surface area contributed by atoms with Crippen LogP contribution in [-0.4, -0.2) is 10.6 Å². The summed E-state index contributed by atoms with van der Waals surface area (Å²) in [5, 5.41) is -1.29. The third-order valence-electron chi connectivity index (χ3n) is 9.35. The van der Waals surface area contributed by atoms with Crippen molar-refractivity contribution >= 4 is 72.3 Å². The average Bonchev–Trinajstić information content (AvgIpc) is 3.76. The lowest BCUT2D eigenvalue weighted by atomic mass is 9.57. The van der Waals surface area contributed by atoms with Crippen molar-refractivity contribution in [1.29, 1.82) is 0 Å². The van der Waals surface area contributed by atoms with E-state index < -0.39 is 236 Å². The summed E-state index contributed by atoms with van der Waals surface area (Å²) in [6.07, 6.45) is 0. The Labute approximate surface area is 354 Å². The van der Waals surface area contributed by atoms with E-state index in [-0.39, 0.29) is 48.6 Å². The third kappa shape index (κ3) is 4.27. The summed E-state index contributed by atoms with van der Waals surface area (Å²) >= 11 is 0.684. The molecule has 0 radical (unpaired) electrons. The van der Waals surface area contributed by atoms with Crippen LogP contribution in [0, 0.1) is 6.92 Å². The molecule has 0 fully saturated rings. The Bertz CT molecular complexity index is 4690. The summed E-state index contributed by atoms with van der Waals surface area (Å²) in [5.74, 6) is -2.75. The Morgan fingerprint density at radius 2 is 1.30 bits per heavy atom. The standard InChI is InChI=1S/C49H30BNO2S/c1-29-11-10-17-39-35-14-4-7-18-42(35)51(49(29)39)32-22-24-44-41(28-32)50-48-40(38-16-6-9-20-47(38)54-50)25-31(27-46(48)53-44)34-13-3-2-12-33(34)30-21-23-37-36-15-5-8-19-43(36)52-45(37)26-30/h2-28H,1H3/i2D,3D,4D,5D,6D,7D,8D,9D,10D,11D,12D,13D,14D,15D,16D,17D,18D,19D,20D,21D,22D,23D,24D,25D,26D,27D,28D. The molecule has 5 heteroatoms. The van der Waals surface area contributed by atoms with E-state index in [1.54, 1.807) is 0 Å². The fourth-order valence-corrected chi connectivity index (χ4v) is 8.29. The fourth-order valence-electron chi connectivity index (χ4n) is 7.05. The molecule has 0 saturated carbocycles. The van der Waals surface area contributed by atoms with Gasteiger partial charge in [-0.1, -0.05) is 103 Å². The zero-order valence-corrected chi connectivity index (χ0v) is 28.1. The predicted molar refractivity (Wildman–Crippen MR) is 226 cm³/mol. The molecule has 12 rings (SSSR count). The van der Waals surface area contributed by atoms with Gasteiger partial charge >= 0.3 is 0 Å². The molecule has 2 aliphatic heterocycles. The van der Waals surface area contributed by atoms with Crippen LogP contribution in [0.3, 0.4) is 0 Å². The van der Waals surface area contributed by atoms with E-state index in [9.17, 15) is 16.4 Å². The van der Waals surface area contributed by atoms with Gasteiger partial charge in [0.2, 0.25) is 0 Å². The van der Waals surface area contributed by atoms with Crippen LogP contribution in [0.4, 0.5) is 0 Å². The van der Waals surface area contributed by atoms with Crippen LogP contribution in [0.15, 0.2) is 172 Å². The van der Waals surface area contributed by atoms with Crippen LogP contribution in [-0.2, 0) is 0 Å². The molecule has 8 aromatic carbocycles. The van der Waals surface area contributed by atoms with Crippen molar-refractivity contribution in [2.45, 2.75) is 11.8 Å². The molecule has 4 heterocycles. The van der Waals surface area contributed by atoms with Crippen LogP contribution in [0.25, 0.3) is 82.8 Å². The van der Waals surface area contributed by atoms with E-state index in [1.807, 2.05) is 0 Å². The highest BCUT2D eigenvalue weighted by atomic mass is 32.2. The number of ether oxygens (including phenoxy) is 1. The molecule has 3 nitrogen and oxygen atoms in total. The molecule has 0 atom stereocenters. The largest absolute Gasteiger partial charge is 0.458 e. The monoisotopic (exact) mass is 734 g/mol. The first-order valence-electron chi connectivity index (χ1n) is 29.8. The maximum atomic E-state index is 10.2. The van der Waals surface area contributed by atoms with Crippen LogP contribution < -0.4 is 15.7 Å². The Morgan fingerprint density at radius 3 is 2.20 bits per heavy atom. The van der Waals surface area contributed by atoms with E-state index in [4.69, 9.17) is 29.7 Å². The number of hydrogen-bond acceptors (Lipinski definition) is 3. The summed E-state index contributed by atoms with van der Waals surface area (Å²) in [6.45, 7) is 1.37. The summed E-state index contributed by atoms with van der Waals surface area (Å²) in [5.41, 5.74) is -6.65. The van der Waals surface area contributed by atoms with Crippen molar-refractivity contribution in [1.82, 2.24) is 4.57 Å². The van der Waals surface area contributed by atoms with Gasteiger partial charge < -0.3 is 13.7 Å². The maximum absolute atomic E-state index is 10.2. The maximum Gasteiger partial charge on any atom is 0.289 e. The molecule has 0 N–H and O–H groups in total. The topological polar surface area (TPSA) is 27.3 Å². The van der Waals surface area contributed by atoms with Gasteiger partial charge in [-0.3, -0.25) is 0 Å². The van der Waals surface area contributed by atoms with Crippen molar-refractivity contribution < 1.29 is 46.2 Å². The molecule has 0 saturated heterocycles. The first kappa shape index (κ1) is 14.1. The number of rotatable bonds is 3. The number of hydrogen-bond donors (Lipinski definition) is 0. The molecule has 0 bridgehead atoms. The normalized spacial score (nSPS) is 19.9. The molecular weight excluding hydrogens is 677 g/mol. The minimum Gasteiger partial charge on any atom is -0.458 e. The molecule has 0 amide bonds. The lowest BCUT2D eigenvalue weighted by Gasteiger charge is -2.33. The van der Waals surface area contributed by atoms with E-state index in [0.717, 1.165) is 4.57 Å². The first-order chi connectivity index (χ1) is 37.9. The highest BCUT2D eigenvalue weighted by Crippen LogP contribution is 2.46. The van der Waals surface area contributed by atoms with E-state index in [2.05, 4.69) is 0 Å². The van der Waals surface area contributed by atoms with Gasteiger partial charge in [0.05, 0.1) is 48.0 Å². The van der Waals surface area contributed by atoms with Gasteiger partial charge in [-0.05, 0) is 117 Å². The molecule has 10 aromatic rings. The SMILES string of the molecule is [2H]c1c([2H])c([2H])c2c(c1[2H])SB1c3c([2H])c(-n4c5c([2H])c([2H])c([2H])c([2H])c5c5c([2H])c([2H])c([2H])c(C)c54)c([2H])c([2H])c3Oc3c([2H])c(-c4c([2H])c([2H])c([2H])c([2H])c4-c4c([2H])c([2H])c5c(oc6c([2H])c([2H])c([2H])c([2H])c65)c4[2H])c([2H])c-2c31. The Kier molecular flexibility index (Phi) is 2.95. The van der Waals surface area contributed by atoms with Crippen LogP contribution in [0.5, 0.6) is 11.5 Å². The molecule has 252 valence electrons. The fraction of sp³-hybridized carbons (Fsp3) is 0.0204. The van der Waals surface area contributed by atoms with Gasteiger partial charge in [0.25, 0.3) is 5.99 Å². The zero-order chi connectivity index (χ0) is 59.0.